The zero-order chi connectivity index (χ0) is 18.2. The van der Waals surface area contributed by atoms with Gasteiger partial charge in [0.1, 0.15) is 11.5 Å². The van der Waals surface area contributed by atoms with Crippen LogP contribution in [0, 0.1) is 0 Å². The lowest BCUT2D eigenvalue weighted by molar-refractivity contribution is 0.0339. The fourth-order valence-corrected chi connectivity index (χ4v) is 3.26. The van der Waals surface area contributed by atoms with Gasteiger partial charge in [0.25, 0.3) is 0 Å². The van der Waals surface area contributed by atoms with Gasteiger partial charge in [-0.15, -0.1) is 0 Å². The number of nitrogens with one attached hydrogen (secondary N) is 1. The molecule has 2 aromatic rings. The molecule has 0 aromatic heterocycles. The lowest BCUT2D eigenvalue weighted by atomic mass is 10.1. The van der Waals surface area contributed by atoms with Crippen molar-refractivity contribution in [3.05, 3.63) is 59.2 Å². The first-order valence-electron chi connectivity index (χ1n) is 9.08. The van der Waals surface area contributed by atoms with E-state index < -0.39 is 0 Å². The molecule has 5 heteroatoms. The lowest BCUT2D eigenvalue weighted by Gasteiger charge is -2.27. The summed E-state index contributed by atoms with van der Waals surface area (Å²) in [7, 11) is 3.44. The Morgan fingerprint density at radius 1 is 0.923 bits per heavy atom. The van der Waals surface area contributed by atoms with Gasteiger partial charge in [0, 0.05) is 43.9 Å². The van der Waals surface area contributed by atoms with Crippen molar-refractivity contribution in [3.63, 3.8) is 0 Å². The molecule has 0 amide bonds. The number of hydrogen-bond acceptors (Lipinski definition) is 5. The van der Waals surface area contributed by atoms with Crippen LogP contribution in [0.15, 0.2) is 42.5 Å². The van der Waals surface area contributed by atoms with Crippen molar-refractivity contribution in [2.24, 2.45) is 0 Å². The van der Waals surface area contributed by atoms with E-state index in [4.69, 9.17) is 14.2 Å². The molecule has 26 heavy (non-hydrogen) atoms. The highest BCUT2D eigenvalue weighted by atomic mass is 16.5. The molecular weight excluding hydrogens is 328 g/mol. The van der Waals surface area contributed by atoms with Crippen LogP contribution in [0.3, 0.4) is 0 Å². The van der Waals surface area contributed by atoms with Crippen LogP contribution in [0.4, 0.5) is 0 Å². The van der Waals surface area contributed by atoms with E-state index in [0.29, 0.717) is 0 Å². The maximum absolute atomic E-state index is 5.55. The van der Waals surface area contributed by atoms with E-state index in [1.807, 2.05) is 18.2 Å². The quantitative estimate of drug-likeness (QED) is 0.788. The van der Waals surface area contributed by atoms with Gasteiger partial charge >= 0.3 is 0 Å². The van der Waals surface area contributed by atoms with Gasteiger partial charge in [-0.1, -0.05) is 24.3 Å². The highest BCUT2D eigenvalue weighted by Crippen LogP contribution is 2.22. The maximum atomic E-state index is 5.55. The van der Waals surface area contributed by atoms with Crippen LogP contribution < -0.4 is 14.8 Å². The van der Waals surface area contributed by atoms with Crippen molar-refractivity contribution in [2.45, 2.75) is 19.6 Å². The Bertz CT molecular complexity index is 699. The van der Waals surface area contributed by atoms with Crippen LogP contribution in [0.5, 0.6) is 11.5 Å². The third kappa shape index (κ3) is 4.97. The Labute approximate surface area is 155 Å². The van der Waals surface area contributed by atoms with Gasteiger partial charge in [-0.3, -0.25) is 4.90 Å². The monoisotopic (exact) mass is 356 g/mol. The van der Waals surface area contributed by atoms with Gasteiger partial charge in [0.2, 0.25) is 0 Å². The molecule has 1 heterocycles. The molecule has 5 nitrogen and oxygen atoms in total. The summed E-state index contributed by atoms with van der Waals surface area (Å²) in [5, 5.41) is 3.51. The van der Waals surface area contributed by atoms with Crippen LogP contribution in [0.1, 0.15) is 16.7 Å². The van der Waals surface area contributed by atoms with Gasteiger partial charge in [-0.25, -0.2) is 0 Å². The van der Waals surface area contributed by atoms with E-state index >= 15 is 0 Å². The lowest BCUT2D eigenvalue weighted by Crippen LogP contribution is -2.35. The molecule has 0 atom stereocenters. The van der Waals surface area contributed by atoms with Crippen molar-refractivity contribution >= 4 is 0 Å². The smallest absolute Gasteiger partial charge is 0.123 e. The van der Waals surface area contributed by atoms with Crippen molar-refractivity contribution in [1.82, 2.24) is 10.2 Å². The molecular formula is C21H28N2O3. The fraction of sp³-hybridized carbons (Fsp3) is 0.429. The second-order valence-corrected chi connectivity index (χ2v) is 6.45. The fourth-order valence-electron chi connectivity index (χ4n) is 3.26. The Morgan fingerprint density at radius 3 is 2.42 bits per heavy atom. The number of rotatable bonds is 8. The standard InChI is InChI=1S/C21H28N2O3/c1-24-20-6-4-3-5-18(20)15-22-14-17-7-8-21(25-2)19(13-17)16-23-9-11-26-12-10-23/h3-8,13,22H,9-12,14-16H2,1-2H3. The SMILES string of the molecule is COc1ccccc1CNCc1ccc(OC)c(CN2CCOCC2)c1. The molecule has 0 radical (unpaired) electrons. The second kappa shape index (κ2) is 9.57. The summed E-state index contributed by atoms with van der Waals surface area (Å²) >= 11 is 0. The van der Waals surface area contributed by atoms with E-state index in [1.54, 1.807) is 14.2 Å². The molecule has 1 fully saturated rings. The number of morpholine rings is 1. The molecule has 1 N–H and O–H groups in total. The Balaban J connectivity index is 1.61. The van der Waals surface area contributed by atoms with Crippen molar-refractivity contribution < 1.29 is 14.2 Å². The first-order valence-corrected chi connectivity index (χ1v) is 9.08. The van der Waals surface area contributed by atoms with Gasteiger partial charge in [-0.2, -0.15) is 0 Å². The average molecular weight is 356 g/mol. The summed E-state index contributed by atoms with van der Waals surface area (Å²) in [5.41, 5.74) is 3.65. The number of para-hydroxylation sites is 1. The van der Waals surface area contributed by atoms with Crippen LogP contribution in [-0.4, -0.2) is 45.4 Å². The van der Waals surface area contributed by atoms with Crippen LogP contribution >= 0.6 is 0 Å². The molecule has 3 rings (SSSR count). The predicted molar refractivity (Wildman–Crippen MR) is 103 cm³/mol. The Hall–Kier alpha value is -2.08. The minimum atomic E-state index is 0.773. The topological polar surface area (TPSA) is 43.0 Å². The normalized spacial score (nSPS) is 15.0. The summed E-state index contributed by atoms with van der Waals surface area (Å²) in [6.45, 7) is 6.03. The van der Waals surface area contributed by atoms with E-state index in [2.05, 4.69) is 34.5 Å². The van der Waals surface area contributed by atoms with E-state index in [-0.39, 0.29) is 0 Å². The maximum Gasteiger partial charge on any atom is 0.123 e. The molecule has 2 aromatic carbocycles. The first-order chi connectivity index (χ1) is 12.8. The molecule has 140 valence electrons. The van der Waals surface area contributed by atoms with Crippen molar-refractivity contribution in [2.75, 3.05) is 40.5 Å². The first kappa shape index (κ1) is 18.7. The van der Waals surface area contributed by atoms with Crippen molar-refractivity contribution in [3.8, 4) is 11.5 Å². The molecule has 1 saturated heterocycles. The zero-order valence-corrected chi connectivity index (χ0v) is 15.7. The number of ether oxygens (including phenoxy) is 3. The molecule has 0 spiro atoms. The second-order valence-electron chi connectivity index (χ2n) is 6.45. The zero-order valence-electron chi connectivity index (χ0n) is 15.7. The van der Waals surface area contributed by atoms with Crippen LogP contribution in [-0.2, 0) is 24.4 Å². The highest BCUT2D eigenvalue weighted by molar-refractivity contribution is 5.37. The summed E-state index contributed by atoms with van der Waals surface area (Å²) in [6.07, 6.45) is 0. The van der Waals surface area contributed by atoms with Gasteiger partial charge in [0.05, 0.1) is 27.4 Å². The molecule has 1 aliphatic heterocycles. The van der Waals surface area contributed by atoms with Crippen LogP contribution in [0.2, 0.25) is 0 Å². The third-order valence-corrected chi connectivity index (χ3v) is 4.68. The molecule has 0 bridgehead atoms. The van der Waals surface area contributed by atoms with Gasteiger partial charge in [0.15, 0.2) is 0 Å². The molecule has 1 aliphatic rings. The van der Waals surface area contributed by atoms with Gasteiger partial charge < -0.3 is 19.5 Å². The minimum absolute atomic E-state index is 0.773. The molecule has 0 aliphatic carbocycles. The summed E-state index contributed by atoms with van der Waals surface area (Å²) in [5.74, 6) is 1.87. The van der Waals surface area contributed by atoms with E-state index in [0.717, 1.165) is 63.0 Å². The number of methoxy groups -OCH3 is 2. The summed E-state index contributed by atoms with van der Waals surface area (Å²) < 4.78 is 16.4. The number of benzene rings is 2. The highest BCUT2D eigenvalue weighted by Gasteiger charge is 2.14. The number of nitrogens with zero attached hydrogens (tertiary/aromatic N) is 1. The third-order valence-electron chi connectivity index (χ3n) is 4.68. The molecule has 0 saturated carbocycles. The van der Waals surface area contributed by atoms with E-state index in [1.165, 1.54) is 11.1 Å². The Kier molecular flexibility index (Phi) is 6.89. The number of hydrogen-bond donors (Lipinski definition) is 1. The minimum Gasteiger partial charge on any atom is -0.496 e. The summed E-state index contributed by atoms with van der Waals surface area (Å²) in [4.78, 5) is 2.41. The summed E-state index contributed by atoms with van der Waals surface area (Å²) in [6, 6.07) is 14.5. The van der Waals surface area contributed by atoms with Crippen LogP contribution in [0.25, 0.3) is 0 Å². The molecule has 0 unspecified atom stereocenters. The Morgan fingerprint density at radius 2 is 1.65 bits per heavy atom. The van der Waals surface area contributed by atoms with Crippen molar-refractivity contribution in [1.29, 1.82) is 0 Å². The largest absolute Gasteiger partial charge is 0.496 e. The average Bonchev–Trinajstić information content (AvgIpc) is 2.69. The van der Waals surface area contributed by atoms with E-state index in [9.17, 15) is 0 Å². The predicted octanol–water partition coefficient (Wildman–Crippen LogP) is 2.83. The van der Waals surface area contributed by atoms with Gasteiger partial charge in [-0.05, 0) is 23.8 Å².